The summed E-state index contributed by atoms with van der Waals surface area (Å²) in [4.78, 5) is 12.8. The topological polar surface area (TPSA) is 55.1 Å². The molecule has 0 spiro atoms. The van der Waals surface area contributed by atoms with Crippen molar-refractivity contribution in [2.45, 2.75) is 33.2 Å². The van der Waals surface area contributed by atoms with Crippen LogP contribution in [-0.4, -0.2) is 11.1 Å². The van der Waals surface area contributed by atoms with Gasteiger partial charge in [0.05, 0.1) is 6.04 Å². The second-order valence-corrected chi connectivity index (χ2v) is 6.12. The van der Waals surface area contributed by atoms with Crippen LogP contribution >= 0.6 is 0 Å². The monoisotopic (exact) mass is 334 g/mol. The number of benzene rings is 2. The average Bonchev–Trinajstić information content (AvgIpc) is 3.04. The fourth-order valence-corrected chi connectivity index (χ4v) is 2.83. The lowest BCUT2D eigenvalue weighted by Crippen LogP contribution is -2.27. The maximum absolute atomic E-state index is 12.8. The van der Waals surface area contributed by atoms with Crippen LogP contribution in [0.3, 0.4) is 0 Å². The zero-order chi connectivity index (χ0) is 17.8. The molecule has 0 radical (unpaired) electrons. The van der Waals surface area contributed by atoms with Gasteiger partial charge in [-0.3, -0.25) is 4.79 Å². The minimum absolute atomic E-state index is 0.101. The molecule has 3 rings (SSSR count). The number of rotatable bonds is 5. The molecule has 25 heavy (non-hydrogen) atoms. The van der Waals surface area contributed by atoms with Crippen LogP contribution in [-0.2, 0) is 6.42 Å². The number of amides is 1. The number of hydrogen-bond acceptors (Lipinski definition) is 3. The molecule has 0 aliphatic rings. The SMILES string of the molecule is CCc1ccc([C@H](C)NC(=O)c2c(-c3ccccc3)noc2C)cc1. The number of aromatic nitrogens is 1. The van der Waals surface area contributed by atoms with Gasteiger partial charge in [0.1, 0.15) is 17.0 Å². The Balaban J connectivity index is 1.82. The van der Waals surface area contributed by atoms with Crippen LogP contribution in [0.2, 0.25) is 0 Å². The summed E-state index contributed by atoms with van der Waals surface area (Å²) < 4.78 is 5.28. The van der Waals surface area contributed by atoms with E-state index in [4.69, 9.17) is 4.52 Å². The smallest absolute Gasteiger partial charge is 0.257 e. The van der Waals surface area contributed by atoms with Crippen LogP contribution in [0.4, 0.5) is 0 Å². The Labute approximate surface area is 147 Å². The highest BCUT2D eigenvalue weighted by atomic mass is 16.5. The molecule has 128 valence electrons. The van der Waals surface area contributed by atoms with Crippen molar-refractivity contribution >= 4 is 5.91 Å². The van der Waals surface area contributed by atoms with Gasteiger partial charge in [-0.2, -0.15) is 0 Å². The third kappa shape index (κ3) is 3.63. The maximum Gasteiger partial charge on any atom is 0.257 e. The fourth-order valence-electron chi connectivity index (χ4n) is 2.83. The van der Waals surface area contributed by atoms with E-state index in [1.165, 1.54) is 5.56 Å². The highest BCUT2D eigenvalue weighted by Crippen LogP contribution is 2.25. The van der Waals surface area contributed by atoms with E-state index in [0.29, 0.717) is 17.0 Å². The van der Waals surface area contributed by atoms with Crippen molar-refractivity contribution in [2.24, 2.45) is 0 Å². The fraction of sp³-hybridized carbons (Fsp3) is 0.238. The van der Waals surface area contributed by atoms with Crippen LogP contribution < -0.4 is 5.32 Å². The normalized spacial score (nSPS) is 12.0. The van der Waals surface area contributed by atoms with Crippen LogP contribution in [0, 0.1) is 6.92 Å². The van der Waals surface area contributed by atoms with Crippen LogP contribution in [0.25, 0.3) is 11.3 Å². The van der Waals surface area contributed by atoms with Gasteiger partial charge in [-0.15, -0.1) is 0 Å². The van der Waals surface area contributed by atoms with Crippen LogP contribution in [0.15, 0.2) is 59.1 Å². The molecule has 0 bridgehead atoms. The highest BCUT2D eigenvalue weighted by molar-refractivity contribution is 6.00. The van der Waals surface area contributed by atoms with E-state index >= 15 is 0 Å². The molecule has 0 saturated heterocycles. The lowest BCUT2D eigenvalue weighted by molar-refractivity contribution is 0.0939. The first kappa shape index (κ1) is 17.0. The molecule has 0 aliphatic carbocycles. The number of hydrogen-bond donors (Lipinski definition) is 1. The summed E-state index contributed by atoms with van der Waals surface area (Å²) in [6.45, 7) is 5.86. The van der Waals surface area contributed by atoms with E-state index in [1.807, 2.05) is 37.3 Å². The molecule has 4 heteroatoms. The van der Waals surface area contributed by atoms with Gasteiger partial charge in [0.25, 0.3) is 5.91 Å². The highest BCUT2D eigenvalue weighted by Gasteiger charge is 2.22. The van der Waals surface area contributed by atoms with Gasteiger partial charge in [0.2, 0.25) is 0 Å². The summed E-state index contributed by atoms with van der Waals surface area (Å²) in [5, 5.41) is 7.12. The Morgan fingerprint density at radius 3 is 2.44 bits per heavy atom. The molecule has 0 fully saturated rings. The number of carbonyl (C=O) groups excluding carboxylic acids is 1. The molecule has 2 aromatic carbocycles. The average molecular weight is 334 g/mol. The van der Waals surface area contributed by atoms with E-state index in [9.17, 15) is 4.79 Å². The third-order valence-corrected chi connectivity index (χ3v) is 4.37. The van der Waals surface area contributed by atoms with Crippen molar-refractivity contribution in [1.82, 2.24) is 10.5 Å². The Kier molecular flexibility index (Phi) is 4.98. The van der Waals surface area contributed by atoms with Crippen molar-refractivity contribution in [2.75, 3.05) is 0 Å². The third-order valence-electron chi connectivity index (χ3n) is 4.37. The lowest BCUT2D eigenvalue weighted by Gasteiger charge is -2.15. The van der Waals surface area contributed by atoms with E-state index in [2.05, 4.69) is 41.7 Å². The van der Waals surface area contributed by atoms with E-state index < -0.39 is 0 Å². The minimum Gasteiger partial charge on any atom is -0.360 e. The second kappa shape index (κ2) is 7.34. The largest absolute Gasteiger partial charge is 0.360 e. The summed E-state index contributed by atoms with van der Waals surface area (Å²) in [5.74, 6) is 0.342. The number of aryl methyl sites for hydroxylation is 2. The first-order valence-corrected chi connectivity index (χ1v) is 8.51. The summed E-state index contributed by atoms with van der Waals surface area (Å²) in [6.07, 6.45) is 1.00. The van der Waals surface area contributed by atoms with E-state index in [-0.39, 0.29) is 11.9 Å². The summed E-state index contributed by atoms with van der Waals surface area (Å²) in [6, 6.07) is 17.8. The molecule has 1 atom stereocenters. The van der Waals surface area contributed by atoms with Crippen molar-refractivity contribution in [3.05, 3.63) is 77.0 Å². The Morgan fingerprint density at radius 1 is 1.12 bits per heavy atom. The standard InChI is InChI=1S/C21H22N2O2/c1-4-16-10-12-17(13-11-16)14(2)22-21(24)19-15(3)25-23-20(19)18-8-6-5-7-9-18/h5-14H,4H2,1-3H3,(H,22,24)/t14-/m0/s1. The lowest BCUT2D eigenvalue weighted by atomic mass is 10.0. The molecule has 1 amide bonds. The molecule has 0 aliphatic heterocycles. The molecular formula is C21H22N2O2. The first-order chi connectivity index (χ1) is 12.1. The zero-order valence-corrected chi connectivity index (χ0v) is 14.7. The van der Waals surface area contributed by atoms with Gasteiger partial charge in [0.15, 0.2) is 0 Å². The Hall–Kier alpha value is -2.88. The number of nitrogens with zero attached hydrogens (tertiary/aromatic N) is 1. The van der Waals surface area contributed by atoms with Crippen LogP contribution in [0.5, 0.6) is 0 Å². The first-order valence-electron chi connectivity index (χ1n) is 8.51. The number of nitrogens with one attached hydrogen (secondary N) is 1. The van der Waals surface area contributed by atoms with Crippen molar-refractivity contribution in [3.8, 4) is 11.3 Å². The van der Waals surface area contributed by atoms with Crippen molar-refractivity contribution < 1.29 is 9.32 Å². The van der Waals surface area contributed by atoms with Gasteiger partial charge in [-0.1, -0.05) is 66.7 Å². The van der Waals surface area contributed by atoms with E-state index in [0.717, 1.165) is 17.5 Å². The maximum atomic E-state index is 12.8. The summed E-state index contributed by atoms with van der Waals surface area (Å²) >= 11 is 0. The predicted octanol–water partition coefficient (Wildman–Crippen LogP) is 4.70. The Bertz CT molecular complexity index is 851. The molecule has 4 nitrogen and oxygen atoms in total. The molecule has 1 heterocycles. The second-order valence-electron chi connectivity index (χ2n) is 6.12. The summed E-state index contributed by atoms with van der Waals surface area (Å²) in [5.41, 5.74) is 4.28. The molecule has 0 saturated carbocycles. The Morgan fingerprint density at radius 2 is 1.80 bits per heavy atom. The van der Waals surface area contributed by atoms with Crippen molar-refractivity contribution in [3.63, 3.8) is 0 Å². The minimum atomic E-state index is -0.176. The van der Waals surface area contributed by atoms with Gasteiger partial charge >= 0.3 is 0 Å². The van der Waals surface area contributed by atoms with Crippen molar-refractivity contribution in [1.29, 1.82) is 0 Å². The molecular weight excluding hydrogens is 312 g/mol. The van der Waals surface area contributed by atoms with E-state index in [1.54, 1.807) is 6.92 Å². The van der Waals surface area contributed by atoms with Gasteiger partial charge in [-0.25, -0.2) is 0 Å². The molecule has 1 N–H and O–H groups in total. The van der Waals surface area contributed by atoms with Gasteiger partial charge < -0.3 is 9.84 Å². The number of carbonyl (C=O) groups is 1. The predicted molar refractivity (Wildman–Crippen MR) is 98.4 cm³/mol. The molecule has 3 aromatic rings. The van der Waals surface area contributed by atoms with Crippen LogP contribution in [0.1, 0.15) is 47.1 Å². The molecule has 0 unspecified atom stereocenters. The molecule has 1 aromatic heterocycles. The quantitative estimate of drug-likeness (QED) is 0.735. The zero-order valence-electron chi connectivity index (χ0n) is 14.7. The van der Waals surface area contributed by atoms with Gasteiger partial charge in [0, 0.05) is 5.56 Å². The van der Waals surface area contributed by atoms with Gasteiger partial charge in [-0.05, 0) is 31.4 Å². The summed E-state index contributed by atoms with van der Waals surface area (Å²) in [7, 11) is 0.